The quantitative estimate of drug-likeness (QED) is 0.417. The molecule has 3 rings (SSSR count). The van der Waals surface area contributed by atoms with E-state index in [2.05, 4.69) is 15.3 Å². The van der Waals surface area contributed by atoms with Crippen molar-refractivity contribution in [3.05, 3.63) is 51.8 Å². The summed E-state index contributed by atoms with van der Waals surface area (Å²) in [4.78, 5) is 18.8. The second-order valence-electron chi connectivity index (χ2n) is 5.00. The largest absolute Gasteiger partial charge is 0.493 e. The highest BCUT2D eigenvalue weighted by Gasteiger charge is 2.14. The van der Waals surface area contributed by atoms with Gasteiger partial charge in [0.2, 0.25) is 5.28 Å². The Kier molecular flexibility index (Phi) is 4.53. The number of aromatic nitrogens is 2. The lowest BCUT2D eigenvalue weighted by Gasteiger charge is -2.12. The zero-order chi connectivity index (χ0) is 18.0. The van der Waals surface area contributed by atoms with E-state index in [1.165, 1.54) is 26.4 Å². The maximum atomic E-state index is 10.9. The number of fused-ring (bicyclic) bond motifs is 1. The smallest absolute Gasteiger partial charge is 0.271 e. The molecule has 0 amide bonds. The van der Waals surface area contributed by atoms with Gasteiger partial charge in [0.05, 0.1) is 24.7 Å². The molecule has 1 heterocycles. The van der Waals surface area contributed by atoms with Gasteiger partial charge >= 0.3 is 0 Å². The molecular formula is C16H13ClN4O4. The lowest BCUT2D eigenvalue weighted by molar-refractivity contribution is -0.384. The van der Waals surface area contributed by atoms with E-state index in [-0.39, 0.29) is 11.0 Å². The van der Waals surface area contributed by atoms with Crippen molar-refractivity contribution in [2.24, 2.45) is 0 Å². The van der Waals surface area contributed by atoms with Gasteiger partial charge in [0.25, 0.3) is 5.69 Å². The molecule has 3 aromatic rings. The summed E-state index contributed by atoms with van der Waals surface area (Å²) in [6, 6.07) is 9.47. The number of ether oxygens (including phenoxy) is 2. The van der Waals surface area contributed by atoms with Gasteiger partial charge in [-0.2, -0.15) is 4.98 Å². The average Bonchev–Trinajstić information content (AvgIpc) is 2.60. The molecule has 0 aliphatic rings. The standard InChI is InChI=1S/C16H13ClN4O4/c1-24-13-7-11-12(8-14(13)25-2)19-16(17)20-15(11)18-9-4-3-5-10(6-9)21(22)23/h3-8H,1-2H3,(H,18,19,20). The molecule has 2 aromatic carbocycles. The monoisotopic (exact) mass is 360 g/mol. The Morgan fingerprint density at radius 2 is 1.84 bits per heavy atom. The van der Waals surface area contributed by atoms with E-state index in [0.29, 0.717) is 33.9 Å². The van der Waals surface area contributed by atoms with Crippen molar-refractivity contribution in [2.75, 3.05) is 19.5 Å². The van der Waals surface area contributed by atoms with E-state index in [1.807, 2.05) is 0 Å². The number of halogens is 1. The van der Waals surface area contributed by atoms with E-state index < -0.39 is 4.92 Å². The topological polar surface area (TPSA) is 99.4 Å². The van der Waals surface area contributed by atoms with Crippen LogP contribution in [-0.2, 0) is 0 Å². The summed E-state index contributed by atoms with van der Waals surface area (Å²) in [5.41, 5.74) is 1.01. The Hall–Kier alpha value is -3.13. The fourth-order valence-corrected chi connectivity index (χ4v) is 2.53. The SMILES string of the molecule is COc1cc2nc(Cl)nc(Nc3cccc([N+](=O)[O-])c3)c2cc1OC. The molecule has 0 radical (unpaired) electrons. The predicted molar refractivity (Wildman–Crippen MR) is 94.0 cm³/mol. The molecule has 25 heavy (non-hydrogen) atoms. The second kappa shape index (κ2) is 6.78. The molecule has 0 fully saturated rings. The molecule has 0 aliphatic heterocycles. The molecule has 0 saturated heterocycles. The third kappa shape index (κ3) is 3.38. The zero-order valence-corrected chi connectivity index (χ0v) is 14.1. The van der Waals surface area contributed by atoms with Gasteiger partial charge in [0.15, 0.2) is 11.5 Å². The first-order valence-corrected chi connectivity index (χ1v) is 7.50. The van der Waals surface area contributed by atoms with Crippen LogP contribution >= 0.6 is 11.6 Å². The fraction of sp³-hybridized carbons (Fsp3) is 0.125. The van der Waals surface area contributed by atoms with Gasteiger partial charge in [0.1, 0.15) is 5.82 Å². The van der Waals surface area contributed by atoms with E-state index in [4.69, 9.17) is 21.1 Å². The van der Waals surface area contributed by atoms with Crippen LogP contribution in [0.4, 0.5) is 17.2 Å². The molecule has 0 spiro atoms. The number of nitrogens with zero attached hydrogens (tertiary/aromatic N) is 3. The van der Waals surface area contributed by atoms with Crippen LogP contribution < -0.4 is 14.8 Å². The molecule has 0 aliphatic carbocycles. The van der Waals surface area contributed by atoms with Crippen LogP contribution in [0.1, 0.15) is 0 Å². The van der Waals surface area contributed by atoms with E-state index in [0.717, 1.165) is 0 Å². The maximum Gasteiger partial charge on any atom is 0.271 e. The Morgan fingerprint density at radius 1 is 1.12 bits per heavy atom. The number of benzene rings is 2. The third-order valence-electron chi connectivity index (χ3n) is 3.49. The summed E-state index contributed by atoms with van der Waals surface area (Å²) in [7, 11) is 3.04. The summed E-state index contributed by atoms with van der Waals surface area (Å²) >= 11 is 6.00. The Labute approximate surface area is 147 Å². The van der Waals surface area contributed by atoms with Crippen molar-refractivity contribution in [3.63, 3.8) is 0 Å². The highest BCUT2D eigenvalue weighted by atomic mass is 35.5. The molecule has 1 N–H and O–H groups in total. The van der Waals surface area contributed by atoms with Crippen molar-refractivity contribution in [2.45, 2.75) is 0 Å². The van der Waals surface area contributed by atoms with Crippen molar-refractivity contribution >= 4 is 39.7 Å². The van der Waals surface area contributed by atoms with E-state index in [9.17, 15) is 10.1 Å². The first kappa shape index (κ1) is 16.7. The number of nitrogens with one attached hydrogen (secondary N) is 1. The highest BCUT2D eigenvalue weighted by Crippen LogP contribution is 2.35. The number of nitro benzene ring substituents is 1. The van der Waals surface area contributed by atoms with Gasteiger partial charge < -0.3 is 14.8 Å². The van der Waals surface area contributed by atoms with Crippen LogP contribution in [0.2, 0.25) is 5.28 Å². The molecule has 0 atom stereocenters. The van der Waals surface area contributed by atoms with Crippen molar-refractivity contribution in [1.29, 1.82) is 0 Å². The van der Waals surface area contributed by atoms with Gasteiger partial charge in [0, 0.05) is 29.3 Å². The minimum atomic E-state index is -0.468. The van der Waals surface area contributed by atoms with Crippen LogP contribution in [0.25, 0.3) is 10.9 Å². The number of hydrogen-bond acceptors (Lipinski definition) is 7. The minimum Gasteiger partial charge on any atom is -0.493 e. The number of anilines is 2. The lowest BCUT2D eigenvalue weighted by Crippen LogP contribution is -1.99. The number of nitro groups is 1. The van der Waals surface area contributed by atoms with Crippen molar-refractivity contribution < 1.29 is 14.4 Å². The number of non-ortho nitro benzene ring substituents is 1. The normalized spacial score (nSPS) is 10.5. The summed E-state index contributed by atoms with van der Waals surface area (Å²) < 4.78 is 10.6. The van der Waals surface area contributed by atoms with Crippen molar-refractivity contribution in [1.82, 2.24) is 9.97 Å². The highest BCUT2D eigenvalue weighted by molar-refractivity contribution is 6.28. The molecule has 0 saturated carbocycles. The lowest BCUT2D eigenvalue weighted by atomic mass is 10.2. The number of hydrogen-bond donors (Lipinski definition) is 1. The van der Waals surface area contributed by atoms with Gasteiger partial charge in [-0.3, -0.25) is 10.1 Å². The van der Waals surface area contributed by atoms with Gasteiger partial charge in [-0.25, -0.2) is 4.98 Å². The van der Waals surface area contributed by atoms with Crippen LogP contribution in [0, 0.1) is 10.1 Å². The Morgan fingerprint density at radius 3 is 2.52 bits per heavy atom. The summed E-state index contributed by atoms with van der Waals surface area (Å²) in [6.45, 7) is 0. The molecular weight excluding hydrogens is 348 g/mol. The van der Waals surface area contributed by atoms with Gasteiger partial charge in [-0.05, 0) is 23.7 Å². The van der Waals surface area contributed by atoms with Crippen molar-refractivity contribution in [3.8, 4) is 11.5 Å². The molecule has 9 heteroatoms. The van der Waals surface area contributed by atoms with Crippen LogP contribution in [0.15, 0.2) is 36.4 Å². The first-order valence-electron chi connectivity index (χ1n) is 7.12. The van der Waals surface area contributed by atoms with E-state index >= 15 is 0 Å². The summed E-state index contributed by atoms with van der Waals surface area (Å²) in [5.74, 6) is 1.41. The minimum absolute atomic E-state index is 0.0336. The fourth-order valence-electron chi connectivity index (χ4n) is 2.36. The maximum absolute atomic E-state index is 10.9. The van der Waals surface area contributed by atoms with Gasteiger partial charge in [-0.1, -0.05) is 6.07 Å². The second-order valence-corrected chi connectivity index (χ2v) is 5.34. The summed E-state index contributed by atoms with van der Waals surface area (Å²) in [5, 5.41) is 14.6. The molecule has 0 unspecified atom stereocenters. The average molecular weight is 361 g/mol. The predicted octanol–water partition coefficient (Wildman–Crippen LogP) is 3.95. The van der Waals surface area contributed by atoms with Crippen LogP contribution in [-0.4, -0.2) is 29.1 Å². The number of methoxy groups -OCH3 is 2. The Balaban J connectivity index is 2.12. The van der Waals surface area contributed by atoms with Crippen LogP contribution in [0.3, 0.4) is 0 Å². The third-order valence-corrected chi connectivity index (χ3v) is 3.66. The molecule has 8 nitrogen and oxygen atoms in total. The molecule has 0 bridgehead atoms. The summed E-state index contributed by atoms with van der Waals surface area (Å²) in [6.07, 6.45) is 0. The zero-order valence-electron chi connectivity index (χ0n) is 13.3. The van der Waals surface area contributed by atoms with Crippen LogP contribution in [0.5, 0.6) is 11.5 Å². The molecule has 128 valence electrons. The van der Waals surface area contributed by atoms with E-state index in [1.54, 1.807) is 24.3 Å². The number of rotatable bonds is 5. The Bertz CT molecular complexity index is 964. The van der Waals surface area contributed by atoms with Gasteiger partial charge in [-0.15, -0.1) is 0 Å². The first-order chi connectivity index (χ1) is 12.0. The molecule has 1 aromatic heterocycles.